The number of methoxy groups -OCH3 is 1. The van der Waals surface area contributed by atoms with Gasteiger partial charge in [-0.2, -0.15) is 0 Å². The fourth-order valence-corrected chi connectivity index (χ4v) is 7.47. The van der Waals surface area contributed by atoms with Gasteiger partial charge in [0.1, 0.15) is 11.6 Å². The maximum Gasteiger partial charge on any atom is 0.212 e. The highest BCUT2D eigenvalue weighted by Gasteiger charge is 2.60. The van der Waals surface area contributed by atoms with Gasteiger partial charge in [-0.1, -0.05) is 12.1 Å². The zero-order chi connectivity index (χ0) is 25.3. The summed E-state index contributed by atoms with van der Waals surface area (Å²) in [7, 11) is -1.84. The Morgan fingerprint density at radius 2 is 1.94 bits per heavy atom. The Morgan fingerprint density at radius 3 is 2.64 bits per heavy atom. The van der Waals surface area contributed by atoms with Crippen molar-refractivity contribution in [3.05, 3.63) is 53.9 Å². The molecule has 0 amide bonds. The molecule has 8 nitrogen and oxygen atoms in total. The lowest BCUT2D eigenvalue weighted by atomic mass is 9.86. The van der Waals surface area contributed by atoms with Crippen molar-refractivity contribution in [1.29, 1.82) is 0 Å². The summed E-state index contributed by atoms with van der Waals surface area (Å²) in [6.07, 6.45) is 7.27. The van der Waals surface area contributed by atoms with E-state index in [1.165, 1.54) is 12.4 Å². The Labute approximate surface area is 212 Å². The first-order valence-electron chi connectivity index (χ1n) is 12.7. The molecule has 6 atom stereocenters. The molecule has 36 heavy (non-hydrogen) atoms. The van der Waals surface area contributed by atoms with Crippen LogP contribution in [-0.2, 0) is 26.7 Å². The molecule has 2 N–H and O–H groups in total. The number of hydrogen-bond donors (Lipinski definition) is 2. The van der Waals surface area contributed by atoms with Gasteiger partial charge in [-0.05, 0) is 68.6 Å². The van der Waals surface area contributed by atoms with Crippen molar-refractivity contribution in [1.82, 2.24) is 20.0 Å². The first-order valence-corrected chi connectivity index (χ1v) is 14.4. The molecule has 3 fully saturated rings. The average molecular weight is 519 g/mol. The third-order valence-electron chi connectivity index (χ3n) is 8.08. The molecule has 1 aliphatic heterocycles. The lowest BCUT2D eigenvalue weighted by Crippen LogP contribution is -2.40. The molecule has 2 heterocycles. The highest BCUT2D eigenvalue weighted by Crippen LogP contribution is 2.61. The van der Waals surface area contributed by atoms with Gasteiger partial charge < -0.3 is 14.8 Å². The Bertz CT molecular complexity index is 1150. The molecule has 1 aromatic carbocycles. The van der Waals surface area contributed by atoms with Crippen LogP contribution in [0.4, 0.5) is 4.39 Å². The van der Waals surface area contributed by atoms with E-state index in [-0.39, 0.29) is 41.8 Å². The molecule has 2 aromatic rings. The average Bonchev–Trinajstić information content (AvgIpc) is 3.50. The second-order valence-corrected chi connectivity index (χ2v) is 12.5. The molecule has 196 valence electrons. The third-order valence-corrected chi connectivity index (χ3v) is 9.53. The molecule has 0 spiro atoms. The van der Waals surface area contributed by atoms with Crippen LogP contribution in [0.15, 0.2) is 36.7 Å². The molecular formula is C26H35FN4O4S. The van der Waals surface area contributed by atoms with Crippen LogP contribution in [0, 0.1) is 17.7 Å². The summed E-state index contributed by atoms with van der Waals surface area (Å²) in [6.45, 7) is 2.85. The summed E-state index contributed by atoms with van der Waals surface area (Å²) in [6, 6.07) is 7.62. The monoisotopic (exact) mass is 518 g/mol. The zero-order valence-electron chi connectivity index (χ0n) is 20.8. The molecule has 3 unspecified atom stereocenters. The van der Waals surface area contributed by atoms with Crippen LogP contribution >= 0.6 is 0 Å². The van der Waals surface area contributed by atoms with Crippen molar-refractivity contribution in [2.75, 3.05) is 19.5 Å². The first-order chi connectivity index (χ1) is 17.3. The number of nitrogens with one attached hydrogen (secondary N) is 2. The molecule has 2 saturated carbocycles. The minimum atomic E-state index is -3.44. The number of benzene rings is 1. The molecule has 0 bridgehead atoms. The van der Waals surface area contributed by atoms with Crippen LogP contribution in [0.1, 0.15) is 50.4 Å². The van der Waals surface area contributed by atoms with Crippen LogP contribution in [-0.4, -0.2) is 56.0 Å². The van der Waals surface area contributed by atoms with Crippen LogP contribution in [0.25, 0.3) is 0 Å². The van der Waals surface area contributed by atoms with Crippen LogP contribution < -0.4 is 14.8 Å². The van der Waals surface area contributed by atoms with Gasteiger partial charge in [0, 0.05) is 24.0 Å². The summed E-state index contributed by atoms with van der Waals surface area (Å²) >= 11 is 0. The quantitative estimate of drug-likeness (QED) is 0.499. The van der Waals surface area contributed by atoms with Crippen LogP contribution in [0.3, 0.4) is 0 Å². The molecule has 5 rings (SSSR count). The van der Waals surface area contributed by atoms with Gasteiger partial charge in [-0.25, -0.2) is 27.5 Å². The van der Waals surface area contributed by atoms with E-state index in [1.807, 2.05) is 24.3 Å². The molecule has 0 radical (unpaired) electrons. The minimum Gasteiger partial charge on any atom is -0.497 e. The highest BCUT2D eigenvalue weighted by atomic mass is 32.2. The van der Waals surface area contributed by atoms with Crippen molar-refractivity contribution in [3.8, 4) is 5.75 Å². The molecular weight excluding hydrogens is 483 g/mol. The van der Waals surface area contributed by atoms with E-state index in [4.69, 9.17) is 9.47 Å². The zero-order valence-corrected chi connectivity index (χ0v) is 21.6. The topological polar surface area (TPSA) is 102 Å². The number of halogens is 1. The third kappa shape index (κ3) is 5.72. The summed E-state index contributed by atoms with van der Waals surface area (Å²) in [5, 5.41) is 3.53. The smallest absolute Gasteiger partial charge is 0.212 e. The first kappa shape index (κ1) is 25.5. The maximum atomic E-state index is 13.2. The van der Waals surface area contributed by atoms with Crippen molar-refractivity contribution >= 4 is 10.0 Å². The van der Waals surface area contributed by atoms with E-state index in [1.54, 1.807) is 7.11 Å². The number of sulfonamides is 1. The van der Waals surface area contributed by atoms with Crippen molar-refractivity contribution in [2.24, 2.45) is 11.8 Å². The highest BCUT2D eigenvalue weighted by molar-refractivity contribution is 7.89. The van der Waals surface area contributed by atoms with Crippen LogP contribution in [0.2, 0.25) is 0 Å². The van der Waals surface area contributed by atoms with Gasteiger partial charge in [-0.3, -0.25) is 0 Å². The van der Waals surface area contributed by atoms with E-state index in [0.29, 0.717) is 12.5 Å². The number of nitrogens with zero attached hydrogens (tertiary/aromatic N) is 2. The molecule has 2 aliphatic carbocycles. The summed E-state index contributed by atoms with van der Waals surface area (Å²) in [5.41, 5.74) is 0.872. The van der Waals surface area contributed by atoms with Crippen LogP contribution in [0.5, 0.6) is 5.75 Å². The second kappa shape index (κ2) is 10.3. The van der Waals surface area contributed by atoms with E-state index < -0.39 is 15.8 Å². The largest absolute Gasteiger partial charge is 0.497 e. The van der Waals surface area contributed by atoms with E-state index in [2.05, 4.69) is 26.9 Å². The molecule has 1 aromatic heterocycles. The normalized spacial score (nSPS) is 31.7. The molecule has 10 heteroatoms. The van der Waals surface area contributed by atoms with Crippen molar-refractivity contribution in [2.45, 2.75) is 69.2 Å². The standard InChI is InChI=1S/C26H35FN4O4S/c1-17-9-19(16-36(32,33)30-12-18-3-5-22(34-2)6-4-18)24(31-17)15-35-23-7-8-26(11-20(26)10-23)25-28-13-21(27)14-29-25/h3-6,13-14,17,19-20,23-24,30-31H,7-12,15-16H2,1-2H3/t17-,19-,20?,23?,24+,26?/m1/s1. The fraction of sp³-hybridized carbons (Fsp3) is 0.615. The summed E-state index contributed by atoms with van der Waals surface area (Å²) < 4.78 is 53.1. The van der Waals surface area contributed by atoms with E-state index >= 15 is 0 Å². The predicted molar refractivity (Wildman–Crippen MR) is 133 cm³/mol. The number of hydrogen-bond acceptors (Lipinski definition) is 7. The van der Waals surface area contributed by atoms with Gasteiger partial charge in [0.2, 0.25) is 10.0 Å². The predicted octanol–water partition coefficient (Wildman–Crippen LogP) is 2.94. The number of rotatable bonds is 10. The Hall–Kier alpha value is -2.14. The lowest BCUT2D eigenvalue weighted by molar-refractivity contribution is 0.00787. The van der Waals surface area contributed by atoms with Gasteiger partial charge in [-0.15, -0.1) is 0 Å². The van der Waals surface area contributed by atoms with Gasteiger partial charge in [0.15, 0.2) is 5.82 Å². The molecule has 3 aliphatic rings. The second-order valence-electron chi connectivity index (χ2n) is 10.6. The number of ether oxygens (including phenoxy) is 2. The molecule has 1 saturated heterocycles. The van der Waals surface area contributed by atoms with E-state index in [9.17, 15) is 12.8 Å². The Kier molecular flexibility index (Phi) is 7.31. The van der Waals surface area contributed by atoms with Crippen molar-refractivity contribution in [3.63, 3.8) is 0 Å². The number of aromatic nitrogens is 2. The summed E-state index contributed by atoms with van der Waals surface area (Å²) in [5.74, 6) is 1.62. The Morgan fingerprint density at radius 1 is 1.19 bits per heavy atom. The summed E-state index contributed by atoms with van der Waals surface area (Å²) in [4.78, 5) is 8.48. The van der Waals surface area contributed by atoms with Gasteiger partial charge >= 0.3 is 0 Å². The maximum absolute atomic E-state index is 13.2. The minimum absolute atomic E-state index is 0.00359. The van der Waals surface area contributed by atoms with Crippen molar-refractivity contribution < 1.29 is 22.3 Å². The lowest BCUT2D eigenvalue weighted by Gasteiger charge is -2.29. The van der Waals surface area contributed by atoms with E-state index in [0.717, 1.165) is 49.2 Å². The van der Waals surface area contributed by atoms with Gasteiger partial charge in [0.05, 0.1) is 38.0 Å². The Balaban J connectivity index is 1.11. The van der Waals surface area contributed by atoms with Gasteiger partial charge in [0.25, 0.3) is 0 Å². The fourth-order valence-electron chi connectivity index (χ4n) is 6.03. The number of fused-ring (bicyclic) bond motifs is 1. The SMILES string of the molecule is COc1ccc(CNS(=O)(=O)C[C@H]2C[C@@H](C)N[C@H]2COC2CCC3(c4ncc(F)cn4)CC3C2)cc1.